The smallest absolute Gasteiger partial charge is 0.373 e. The number of nitrogens with one attached hydrogen (secondary N) is 1. The van der Waals surface area contributed by atoms with E-state index in [1.807, 2.05) is 0 Å². The van der Waals surface area contributed by atoms with Gasteiger partial charge < -0.3 is 10.1 Å². The van der Waals surface area contributed by atoms with Crippen LogP contribution < -0.4 is 10.1 Å². The van der Waals surface area contributed by atoms with Crippen LogP contribution >= 0.6 is 0 Å². The highest BCUT2D eigenvalue weighted by Crippen LogP contribution is 2.33. The van der Waals surface area contributed by atoms with Gasteiger partial charge in [-0.25, -0.2) is 9.37 Å². The largest absolute Gasteiger partial charge is 0.432 e. The molecule has 0 atom stereocenters. The molecule has 25 heavy (non-hydrogen) atoms. The topological polar surface area (TPSA) is 103 Å². The van der Waals surface area contributed by atoms with Crippen LogP contribution in [0.4, 0.5) is 15.9 Å². The highest BCUT2D eigenvalue weighted by molar-refractivity contribution is 5.61. The first kappa shape index (κ1) is 16.2. The molecule has 3 rings (SSSR count). The minimum Gasteiger partial charge on any atom is -0.432 e. The number of aromatic nitrogens is 3. The number of rotatable bonds is 6. The van der Waals surface area contributed by atoms with Gasteiger partial charge in [-0.3, -0.25) is 15.1 Å². The van der Waals surface area contributed by atoms with E-state index in [4.69, 9.17) is 4.74 Å². The lowest BCUT2D eigenvalue weighted by molar-refractivity contribution is -0.385. The predicted molar refractivity (Wildman–Crippen MR) is 86.7 cm³/mol. The fourth-order valence-electron chi connectivity index (χ4n) is 2.04. The molecule has 0 spiro atoms. The summed E-state index contributed by atoms with van der Waals surface area (Å²) in [6.07, 6.45) is 4.13. The quantitative estimate of drug-likeness (QED) is 0.542. The summed E-state index contributed by atoms with van der Waals surface area (Å²) >= 11 is 0. The second-order valence-corrected chi connectivity index (χ2v) is 4.90. The fourth-order valence-corrected chi connectivity index (χ4v) is 2.04. The molecule has 1 N–H and O–H groups in total. The van der Waals surface area contributed by atoms with Gasteiger partial charge >= 0.3 is 11.6 Å². The standard InChI is InChI=1S/C16H12FN5O3/c17-12-5-3-11(4-6-12)8-19-15-14(22(23)24)16(21-10-20-15)25-13-2-1-7-18-9-13/h1-7,9-10H,8H2,(H,19,20,21). The molecule has 0 aliphatic carbocycles. The molecular weight excluding hydrogens is 329 g/mol. The van der Waals surface area contributed by atoms with Gasteiger partial charge in [-0.2, -0.15) is 4.98 Å². The van der Waals surface area contributed by atoms with E-state index < -0.39 is 10.6 Å². The van der Waals surface area contributed by atoms with Crippen molar-refractivity contribution in [1.82, 2.24) is 15.0 Å². The van der Waals surface area contributed by atoms with Crippen molar-refractivity contribution in [2.45, 2.75) is 6.54 Å². The van der Waals surface area contributed by atoms with Crippen LogP contribution in [0.2, 0.25) is 0 Å². The van der Waals surface area contributed by atoms with Crippen molar-refractivity contribution >= 4 is 11.5 Å². The third-order valence-electron chi connectivity index (χ3n) is 3.19. The van der Waals surface area contributed by atoms with Crippen LogP contribution in [0, 0.1) is 15.9 Å². The molecule has 8 nitrogen and oxygen atoms in total. The van der Waals surface area contributed by atoms with Crippen LogP contribution in [0.1, 0.15) is 5.56 Å². The van der Waals surface area contributed by atoms with Gasteiger partial charge in [0.1, 0.15) is 17.9 Å². The molecule has 0 unspecified atom stereocenters. The Morgan fingerprint density at radius 1 is 1.20 bits per heavy atom. The predicted octanol–water partition coefficient (Wildman–Crippen LogP) is 3.32. The Bertz CT molecular complexity index is 875. The Morgan fingerprint density at radius 3 is 2.68 bits per heavy atom. The Morgan fingerprint density at radius 2 is 2.00 bits per heavy atom. The zero-order valence-corrected chi connectivity index (χ0v) is 12.8. The van der Waals surface area contributed by atoms with E-state index in [1.54, 1.807) is 30.5 Å². The number of halogens is 1. The van der Waals surface area contributed by atoms with Gasteiger partial charge in [0.2, 0.25) is 5.82 Å². The number of benzene rings is 1. The van der Waals surface area contributed by atoms with Gasteiger partial charge in [-0.05, 0) is 29.8 Å². The van der Waals surface area contributed by atoms with E-state index >= 15 is 0 Å². The third kappa shape index (κ3) is 4.02. The molecule has 2 heterocycles. The van der Waals surface area contributed by atoms with E-state index in [2.05, 4.69) is 20.3 Å². The summed E-state index contributed by atoms with van der Waals surface area (Å²) in [5.74, 6) is -0.240. The number of nitrogens with zero attached hydrogens (tertiary/aromatic N) is 4. The first-order valence-electron chi connectivity index (χ1n) is 7.19. The molecule has 0 saturated heterocycles. The molecule has 2 aromatic heterocycles. The minimum absolute atomic E-state index is 0.00298. The summed E-state index contributed by atoms with van der Waals surface area (Å²) in [6.45, 7) is 0.227. The maximum atomic E-state index is 12.9. The normalized spacial score (nSPS) is 10.3. The lowest BCUT2D eigenvalue weighted by Crippen LogP contribution is -2.07. The summed E-state index contributed by atoms with van der Waals surface area (Å²) < 4.78 is 18.4. The van der Waals surface area contributed by atoms with Crippen molar-refractivity contribution in [3.63, 3.8) is 0 Å². The SMILES string of the molecule is O=[N+]([O-])c1c(NCc2ccc(F)cc2)ncnc1Oc1cccnc1. The second-order valence-electron chi connectivity index (χ2n) is 4.90. The summed E-state index contributed by atoms with van der Waals surface area (Å²) in [7, 11) is 0. The Hall–Kier alpha value is -3.62. The summed E-state index contributed by atoms with van der Waals surface area (Å²) in [5, 5.41) is 14.3. The van der Waals surface area contributed by atoms with Crippen LogP contribution in [-0.2, 0) is 6.54 Å². The maximum Gasteiger partial charge on any atom is 0.373 e. The van der Waals surface area contributed by atoms with E-state index in [-0.39, 0.29) is 24.1 Å². The molecule has 9 heteroatoms. The summed E-state index contributed by atoms with van der Waals surface area (Å²) in [6, 6.07) is 9.00. The Kier molecular flexibility index (Phi) is 4.74. The zero-order valence-electron chi connectivity index (χ0n) is 12.8. The van der Waals surface area contributed by atoms with Crippen LogP contribution in [0.25, 0.3) is 0 Å². The zero-order chi connectivity index (χ0) is 17.6. The van der Waals surface area contributed by atoms with Crippen molar-refractivity contribution in [3.8, 4) is 11.6 Å². The molecule has 0 bridgehead atoms. The number of pyridine rings is 1. The average molecular weight is 341 g/mol. The van der Waals surface area contributed by atoms with Gasteiger partial charge in [0.15, 0.2) is 0 Å². The van der Waals surface area contributed by atoms with E-state index in [0.717, 1.165) is 11.9 Å². The van der Waals surface area contributed by atoms with Crippen molar-refractivity contribution in [2.24, 2.45) is 0 Å². The van der Waals surface area contributed by atoms with Crippen LogP contribution in [0.3, 0.4) is 0 Å². The van der Waals surface area contributed by atoms with Gasteiger partial charge in [-0.15, -0.1) is 0 Å². The lowest BCUT2D eigenvalue weighted by Gasteiger charge is -2.09. The second kappa shape index (κ2) is 7.30. The Balaban J connectivity index is 1.84. The molecular formula is C16H12FN5O3. The van der Waals surface area contributed by atoms with Crippen LogP contribution in [-0.4, -0.2) is 19.9 Å². The molecule has 3 aromatic rings. The van der Waals surface area contributed by atoms with Gasteiger partial charge in [0, 0.05) is 12.7 Å². The summed E-state index contributed by atoms with van der Waals surface area (Å²) in [5.41, 5.74) is 0.345. The highest BCUT2D eigenvalue weighted by atomic mass is 19.1. The van der Waals surface area contributed by atoms with Gasteiger partial charge in [0.25, 0.3) is 0 Å². The molecule has 0 saturated carbocycles. The molecule has 126 valence electrons. The maximum absolute atomic E-state index is 12.9. The van der Waals surface area contributed by atoms with Crippen molar-refractivity contribution in [1.29, 1.82) is 0 Å². The fraction of sp³-hybridized carbons (Fsp3) is 0.0625. The number of hydrogen-bond donors (Lipinski definition) is 1. The van der Waals surface area contributed by atoms with Gasteiger partial charge in [-0.1, -0.05) is 12.1 Å². The third-order valence-corrected chi connectivity index (χ3v) is 3.19. The number of nitro groups is 1. The molecule has 0 amide bonds. The van der Waals surface area contributed by atoms with Crippen LogP contribution in [0.15, 0.2) is 55.1 Å². The molecule has 0 aliphatic heterocycles. The van der Waals surface area contributed by atoms with Crippen molar-refractivity contribution in [2.75, 3.05) is 5.32 Å². The van der Waals surface area contributed by atoms with E-state index in [0.29, 0.717) is 5.75 Å². The number of anilines is 1. The summed E-state index contributed by atoms with van der Waals surface area (Å²) in [4.78, 5) is 22.4. The molecule has 0 fully saturated rings. The van der Waals surface area contributed by atoms with Crippen LogP contribution in [0.5, 0.6) is 11.6 Å². The van der Waals surface area contributed by atoms with E-state index in [1.165, 1.54) is 18.3 Å². The molecule has 0 radical (unpaired) electrons. The van der Waals surface area contributed by atoms with Crippen molar-refractivity contribution < 1.29 is 14.1 Å². The highest BCUT2D eigenvalue weighted by Gasteiger charge is 2.25. The molecule has 0 aliphatic rings. The van der Waals surface area contributed by atoms with E-state index in [9.17, 15) is 14.5 Å². The first-order chi connectivity index (χ1) is 12.1. The van der Waals surface area contributed by atoms with Gasteiger partial charge in [0.05, 0.1) is 11.1 Å². The lowest BCUT2D eigenvalue weighted by atomic mass is 10.2. The average Bonchev–Trinajstić information content (AvgIpc) is 2.62. The monoisotopic (exact) mass is 341 g/mol. The number of hydrogen-bond acceptors (Lipinski definition) is 7. The molecule has 1 aromatic carbocycles. The first-order valence-corrected chi connectivity index (χ1v) is 7.19. The number of ether oxygens (including phenoxy) is 1. The minimum atomic E-state index is -0.626. The van der Waals surface area contributed by atoms with Crippen molar-refractivity contribution in [3.05, 3.63) is 76.6 Å². The Labute approximate surface area is 141 Å².